The highest BCUT2D eigenvalue weighted by Gasteiger charge is 2.13. The maximum absolute atomic E-state index is 12.2. The van der Waals surface area contributed by atoms with E-state index in [1.807, 2.05) is 0 Å². The van der Waals surface area contributed by atoms with Gasteiger partial charge in [0.05, 0.1) is 5.69 Å². The van der Waals surface area contributed by atoms with Crippen LogP contribution in [-0.2, 0) is 0 Å². The van der Waals surface area contributed by atoms with Gasteiger partial charge in [-0.2, -0.15) is 8.78 Å². The second kappa shape index (κ2) is 7.67. The fourth-order valence-electron chi connectivity index (χ4n) is 2.08. The summed E-state index contributed by atoms with van der Waals surface area (Å²) in [4.78, 5) is 16.1. The maximum Gasteiger partial charge on any atom is 0.387 e. The molecule has 1 amide bonds. The predicted octanol–water partition coefficient (Wildman–Crippen LogP) is 4.43. The fraction of sp³-hybridized carbons (Fsp3) is 0.0625. The number of rotatable bonds is 5. The lowest BCUT2D eigenvalue weighted by molar-refractivity contribution is -0.0498. The molecule has 1 heterocycles. The summed E-state index contributed by atoms with van der Waals surface area (Å²) in [5, 5.41) is 7.38. The minimum atomic E-state index is -2.90. The van der Waals surface area contributed by atoms with Gasteiger partial charge >= 0.3 is 6.61 Å². The number of hydrogen-bond acceptors (Lipinski definition) is 4. The topological polar surface area (TPSA) is 69.0 Å². The van der Waals surface area contributed by atoms with Gasteiger partial charge in [0.15, 0.2) is 0 Å². The van der Waals surface area contributed by atoms with Crippen LogP contribution in [0.15, 0.2) is 48.8 Å². The van der Waals surface area contributed by atoms with Crippen LogP contribution in [0.3, 0.4) is 0 Å². The molecule has 0 radical (unpaired) electrons. The SMILES string of the molecule is O=C(Nc1cc(Cl)cc(Cl)c1)c1ncn(-c2ccc(OC(F)F)cc2)n1. The van der Waals surface area contributed by atoms with E-state index in [0.29, 0.717) is 21.4 Å². The van der Waals surface area contributed by atoms with E-state index in [9.17, 15) is 13.6 Å². The summed E-state index contributed by atoms with van der Waals surface area (Å²) in [5.41, 5.74) is 0.918. The smallest absolute Gasteiger partial charge is 0.387 e. The van der Waals surface area contributed by atoms with Crippen LogP contribution in [0.4, 0.5) is 14.5 Å². The number of hydrogen-bond donors (Lipinski definition) is 1. The van der Waals surface area contributed by atoms with E-state index < -0.39 is 12.5 Å². The van der Waals surface area contributed by atoms with Gasteiger partial charge in [0, 0.05) is 15.7 Å². The molecule has 0 saturated heterocycles. The van der Waals surface area contributed by atoms with Gasteiger partial charge in [-0.1, -0.05) is 23.2 Å². The van der Waals surface area contributed by atoms with E-state index in [1.165, 1.54) is 53.5 Å². The first-order valence-corrected chi connectivity index (χ1v) is 7.90. The van der Waals surface area contributed by atoms with Crippen LogP contribution < -0.4 is 10.1 Å². The number of benzene rings is 2. The first-order valence-electron chi connectivity index (χ1n) is 7.15. The van der Waals surface area contributed by atoms with Crippen LogP contribution in [0.1, 0.15) is 10.6 Å². The first kappa shape index (κ1) is 18.1. The Hall–Kier alpha value is -2.71. The highest BCUT2D eigenvalue weighted by molar-refractivity contribution is 6.35. The van der Waals surface area contributed by atoms with Gasteiger partial charge in [-0.05, 0) is 42.5 Å². The third-order valence-electron chi connectivity index (χ3n) is 3.14. The second-order valence-electron chi connectivity index (χ2n) is 5.00. The molecule has 0 fully saturated rings. The number of alkyl halides is 2. The average Bonchev–Trinajstić information content (AvgIpc) is 3.04. The minimum Gasteiger partial charge on any atom is -0.435 e. The molecular formula is C16H10Cl2F2N4O2. The van der Waals surface area contributed by atoms with E-state index in [0.717, 1.165) is 0 Å². The number of carbonyl (C=O) groups is 1. The number of halogens is 4. The van der Waals surface area contributed by atoms with Crippen LogP contribution >= 0.6 is 23.2 Å². The second-order valence-corrected chi connectivity index (χ2v) is 5.87. The van der Waals surface area contributed by atoms with E-state index >= 15 is 0 Å². The zero-order valence-corrected chi connectivity index (χ0v) is 14.4. The Balaban J connectivity index is 1.73. The minimum absolute atomic E-state index is 0.0136. The number of anilines is 1. The van der Waals surface area contributed by atoms with Crippen molar-refractivity contribution in [2.24, 2.45) is 0 Å². The Bertz CT molecular complexity index is 912. The van der Waals surface area contributed by atoms with Crippen molar-refractivity contribution in [1.82, 2.24) is 14.8 Å². The molecule has 0 aliphatic heterocycles. The Kier molecular flexibility index (Phi) is 5.34. The van der Waals surface area contributed by atoms with Crippen LogP contribution in [0.25, 0.3) is 5.69 Å². The number of nitrogens with zero attached hydrogens (tertiary/aromatic N) is 3. The van der Waals surface area contributed by atoms with Crippen molar-refractivity contribution in [3.8, 4) is 11.4 Å². The molecule has 3 rings (SSSR count). The normalized spacial score (nSPS) is 10.8. The third kappa shape index (κ3) is 4.47. The van der Waals surface area contributed by atoms with Crippen molar-refractivity contribution in [3.63, 3.8) is 0 Å². The summed E-state index contributed by atoms with van der Waals surface area (Å²) in [6, 6.07) is 10.3. The Morgan fingerprint density at radius 1 is 1.12 bits per heavy atom. The molecule has 0 aliphatic carbocycles. The molecule has 2 aromatic carbocycles. The molecule has 1 N–H and O–H groups in total. The van der Waals surface area contributed by atoms with Gasteiger partial charge in [0.25, 0.3) is 5.91 Å². The quantitative estimate of drug-likeness (QED) is 0.690. The number of carbonyl (C=O) groups excluding carboxylic acids is 1. The Labute approximate surface area is 156 Å². The van der Waals surface area contributed by atoms with Gasteiger partial charge in [-0.15, -0.1) is 5.10 Å². The standard InChI is InChI=1S/C16H10Cl2F2N4O2/c17-9-5-10(18)7-11(6-9)22-15(25)14-21-8-24(23-14)12-1-3-13(4-2-12)26-16(19)20/h1-8,16H,(H,22,25). The van der Waals surface area contributed by atoms with Gasteiger partial charge in [-0.3, -0.25) is 4.79 Å². The van der Waals surface area contributed by atoms with Gasteiger partial charge in [-0.25, -0.2) is 9.67 Å². The summed E-state index contributed by atoms with van der Waals surface area (Å²) in [6.07, 6.45) is 1.32. The molecule has 3 aromatic rings. The average molecular weight is 399 g/mol. The van der Waals surface area contributed by atoms with Crippen molar-refractivity contribution in [3.05, 3.63) is 64.7 Å². The van der Waals surface area contributed by atoms with Gasteiger partial charge in [0.2, 0.25) is 5.82 Å². The molecule has 10 heteroatoms. The molecular weight excluding hydrogens is 389 g/mol. The van der Waals surface area contributed by atoms with Crippen molar-refractivity contribution in [1.29, 1.82) is 0 Å². The lowest BCUT2D eigenvalue weighted by Crippen LogP contribution is -2.14. The monoisotopic (exact) mass is 398 g/mol. The third-order valence-corrected chi connectivity index (χ3v) is 3.58. The lowest BCUT2D eigenvalue weighted by atomic mass is 10.3. The molecule has 0 spiro atoms. The van der Waals surface area contributed by atoms with Crippen molar-refractivity contribution in [2.45, 2.75) is 6.61 Å². The van der Waals surface area contributed by atoms with Crippen LogP contribution in [0.2, 0.25) is 10.0 Å². The summed E-state index contributed by atoms with van der Waals surface area (Å²) < 4.78 is 29.9. The molecule has 0 bridgehead atoms. The van der Waals surface area contributed by atoms with E-state index in [2.05, 4.69) is 20.1 Å². The zero-order valence-electron chi connectivity index (χ0n) is 12.9. The number of nitrogens with one attached hydrogen (secondary N) is 1. The van der Waals surface area contributed by atoms with E-state index in [-0.39, 0.29) is 11.6 Å². The molecule has 134 valence electrons. The zero-order chi connectivity index (χ0) is 18.7. The molecule has 0 unspecified atom stereocenters. The van der Waals surface area contributed by atoms with Gasteiger partial charge in [0.1, 0.15) is 12.1 Å². The summed E-state index contributed by atoms with van der Waals surface area (Å²) in [6.45, 7) is -2.90. The van der Waals surface area contributed by atoms with Crippen molar-refractivity contribution >= 4 is 34.8 Å². The Morgan fingerprint density at radius 3 is 2.38 bits per heavy atom. The van der Waals surface area contributed by atoms with Gasteiger partial charge < -0.3 is 10.1 Å². The van der Waals surface area contributed by atoms with Crippen molar-refractivity contribution in [2.75, 3.05) is 5.32 Å². The van der Waals surface area contributed by atoms with E-state index in [1.54, 1.807) is 0 Å². The fourth-order valence-corrected chi connectivity index (χ4v) is 2.61. The molecule has 0 saturated carbocycles. The molecule has 26 heavy (non-hydrogen) atoms. The van der Waals surface area contributed by atoms with Crippen molar-refractivity contribution < 1.29 is 18.3 Å². The van der Waals surface area contributed by atoms with Crippen LogP contribution in [-0.4, -0.2) is 27.3 Å². The Morgan fingerprint density at radius 2 is 1.77 bits per heavy atom. The molecule has 6 nitrogen and oxygen atoms in total. The first-order chi connectivity index (χ1) is 12.4. The number of ether oxygens (including phenoxy) is 1. The lowest BCUT2D eigenvalue weighted by Gasteiger charge is -2.05. The number of aromatic nitrogens is 3. The highest BCUT2D eigenvalue weighted by Crippen LogP contribution is 2.23. The number of amides is 1. The largest absolute Gasteiger partial charge is 0.435 e. The summed E-state index contributed by atoms with van der Waals surface area (Å²) in [7, 11) is 0. The highest BCUT2D eigenvalue weighted by atomic mass is 35.5. The van der Waals surface area contributed by atoms with Crippen LogP contribution in [0.5, 0.6) is 5.75 Å². The molecule has 0 atom stereocenters. The summed E-state index contributed by atoms with van der Waals surface area (Å²) in [5.74, 6) is -0.631. The van der Waals surface area contributed by atoms with Crippen LogP contribution in [0, 0.1) is 0 Å². The maximum atomic E-state index is 12.2. The van der Waals surface area contributed by atoms with E-state index in [4.69, 9.17) is 23.2 Å². The predicted molar refractivity (Wildman–Crippen MR) is 92.4 cm³/mol. The molecule has 0 aliphatic rings. The summed E-state index contributed by atoms with van der Waals surface area (Å²) >= 11 is 11.8. The molecule has 1 aromatic heterocycles.